The minimum atomic E-state index is -0.670. The van der Waals surface area contributed by atoms with Crippen LogP contribution in [0.5, 0.6) is 0 Å². The smallest absolute Gasteiger partial charge is 0.239 e. The highest BCUT2D eigenvalue weighted by molar-refractivity contribution is 6.17. The van der Waals surface area contributed by atoms with Crippen LogP contribution < -0.4 is 5.32 Å². The first kappa shape index (κ1) is 11.7. The molecule has 1 heterocycles. The molecule has 0 fully saturated rings. The molecule has 1 aliphatic rings. The van der Waals surface area contributed by atoms with Gasteiger partial charge in [0.05, 0.1) is 0 Å². The first-order valence-corrected chi connectivity index (χ1v) is 6.22. The molecule has 0 radical (unpaired) electrons. The molecule has 0 spiro atoms. The van der Waals surface area contributed by atoms with E-state index in [2.05, 4.69) is 5.32 Å². The van der Waals surface area contributed by atoms with Crippen LogP contribution in [0.1, 0.15) is 17.0 Å². The van der Waals surface area contributed by atoms with Crippen LogP contribution in [0.2, 0.25) is 0 Å². The molecular weight excluding hydrogens is 238 g/mol. The number of rotatable bonds is 3. The van der Waals surface area contributed by atoms with Crippen molar-refractivity contribution in [3.63, 3.8) is 0 Å². The van der Waals surface area contributed by atoms with Crippen molar-refractivity contribution in [1.82, 2.24) is 0 Å². The molecule has 0 unspecified atom stereocenters. The fraction of sp³-hybridized carbons (Fsp3) is 0.125. The zero-order valence-electron chi connectivity index (χ0n) is 10.3. The largest absolute Gasteiger partial charge is 0.325 e. The summed E-state index contributed by atoms with van der Waals surface area (Å²) < 4.78 is 0. The van der Waals surface area contributed by atoms with E-state index in [1.807, 2.05) is 54.6 Å². The van der Waals surface area contributed by atoms with Crippen LogP contribution in [0, 0.1) is 0 Å². The Balaban J connectivity index is 1.86. The number of para-hydroxylation sites is 1. The molecular formula is C16H13NO2. The normalized spacial score (nSPS) is 16.8. The van der Waals surface area contributed by atoms with Crippen LogP contribution in [0.15, 0.2) is 54.6 Å². The second kappa shape index (κ2) is 4.69. The standard InChI is InChI=1S/C16H13NO2/c18-14(10-11-6-2-1-3-7-11)15-12-8-4-5-9-13(12)17-16(15)19/h1-9,15H,10H2,(H,17,19)/t15-/m0/s1. The summed E-state index contributed by atoms with van der Waals surface area (Å²) in [7, 11) is 0. The van der Waals surface area contributed by atoms with E-state index in [1.54, 1.807) is 0 Å². The van der Waals surface area contributed by atoms with Crippen LogP contribution in [0.25, 0.3) is 0 Å². The summed E-state index contributed by atoms with van der Waals surface area (Å²) in [6.07, 6.45) is 0.285. The molecule has 0 aliphatic carbocycles. The van der Waals surface area contributed by atoms with Crippen LogP contribution in [0.3, 0.4) is 0 Å². The molecule has 1 N–H and O–H groups in total. The van der Waals surface area contributed by atoms with Gasteiger partial charge in [0.2, 0.25) is 5.91 Å². The Morgan fingerprint density at radius 1 is 1.00 bits per heavy atom. The Kier molecular flexibility index (Phi) is 2.88. The minimum absolute atomic E-state index is 0.0614. The van der Waals surface area contributed by atoms with Crippen molar-refractivity contribution in [3.8, 4) is 0 Å². The number of carbonyl (C=O) groups excluding carboxylic acids is 2. The third-order valence-corrected chi connectivity index (χ3v) is 3.34. The molecule has 1 amide bonds. The van der Waals surface area contributed by atoms with Crippen molar-refractivity contribution in [2.75, 3.05) is 5.32 Å². The van der Waals surface area contributed by atoms with Gasteiger partial charge in [-0.25, -0.2) is 0 Å². The van der Waals surface area contributed by atoms with E-state index in [1.165, 1.54) is 0 Å². The third-order valence-electron chi connectivity index (χ3n) is 3.34. The van der Waals surface area contributed by atoms with Crippen LogP contribution in [-0.4, -0.2) is 11.7 Å². The number of carbonyl (C=O) groups is 2. The summed E-state index contributed by atoms with van der Waals surface area (Å²) in [4.78, 5) is 24.3. The number of ketones is 1. The molecule has 2 aromatic rings. The van der Waals surface area contributed by atoms with E-state index in [0.717, 1.165) is 16.8 Å². The van der Waals surface area contributed by atoms with Gasteiger partial charge in [0.15, 0.2) is 5.78 Å². The molecule has 3 rings (SSSR count). The van der Waals surface area contributed by atoms with Crippen molar-refractivity contribution < 1.29 is 9.59 Å². The second-order valence-corrected chi connectivity index (χ2v) is 4.64. The van der Waals surface area contributed by atoms with Gasteiger partial charge in [-0.15, -0.1) is 0 Å². The van der Waals surface area contributed by atoms with E-state index >= 15 is 0 Å². The predicted octanol–water partition coefficient (Wildman–Crippen LogP) is 2.53. The van der Waals surface area contributed by atoms with Crippen LogP contribution in [-0.2, 0) is 16.0 Å². The number of hydrogen-bond acceptors (Lipinski definition) is 2. The summed E-state index contributed by atoms with van der Waals surface area (Å²) in [5.41, 5.74) is 2.47. The maximum absolute atomic E-state index is 12.3. The molecule has 1 atom stereocenters. The van der Waals surface area contributed by atoms with Crippen LogP contribution >= 0.6 is 0 Å². The topological polar surface area (TPSA) is 46.2 Å². The first-order valence-electron chi connectivity index (χ1n) is 6.22. The Morgan fingerprint density at radius 3 is 2.47 bits per heavy atom. The van der Waals surface area contributed by atoms with Gasteiger partial charge in [-0.3, -0.25) is 9.59 Å². The lowest BCUT2D eigenvalue weighted by Gasteiger charge is -2.07. The Morgan fingerprint density at radius 2 is 1.68 bits per heavy atom. The number of fused-ring (bicyclic) bond motifs is 1. The quantitative estimate of drug-likeness (QED) is 0.852. The molecule has 1 aliphatic heterocycles. The highest BCUT2D eigenvalue weighted by Crippen LogP contribution is 2.33. The van der Waals surface area contributed by atoms with Gasteiger partial charge in [0, 0.05) is 12.1 Å². The van der Waals surface area contributed by atoms with Crippen molar-refractivity contribution >= 4 is 17.4 Å². The number of nitrogens with one attached hydrogen (secondary N) is 1. The number of anilines is 1. The summed E-state index contributed by atoms with van der Waals surface area (Å²) in [6, 6.07) is 16.9. The number of amides is 1. The van der Waals surface area contributed by atoms with E-state index < -0.39 is 5.92 Å². The predicted molar refractivity (Wildman–Crippen MR) is 73.0 cm³/mol. The molecule has 94 valence electrons. The lowest BCUT2D eigenvalue weighted by Crippen LogP contribution is -2.22. The number of benzene rings is 2. The van der Waals surface area contributed by atoms with Gasteiger partial charge < -0.3 is 5.32 Å². The highest BCUT2D eigenvalue weighted by Gasteiger charge is 2.35. The average molecular weight is 251 g/mol. The SMILES string of the molecule is O=C(Cc1ccccc1)[C@H]1C(=O)Nc2ccccc21. The third kappa shape index (κ3) is 2.15. The van der Waals surface area contributed by atoms with Gasteiger partial charge in [-0.05, 0) is 17.2 Å². The summed E-state index contributed by atoms with van der Waals surface area (Å²) in [5.74, 6) is -0.952. The molecule has 0 saturated heterocycles. The monoisotopic (exact) mass is 251 g/mol. The molecule has 0 bridgehead atoms. The van der Waals surface area contributed by atoms with Crippen molar-refractivity contribution in [2.45, 2.75) is 12.3 Å². The van der Waals surface area contributed by atoms with Gasteiger partial charge in [-0.1, -0.05) is 48.5 Å². The summed E-state index contributed by atoms with van der Waals surface area (Å²) >= 11 is 0. The van der Waals surface area contributed by atoms with Crippen LogP contribution in [0.4, 0.5) is 5.69 Å². The van der Waals surface area contributed by atoms with Crippen molar-refractivity contribution in [3.05, 3.63) is 65.7 Å². The zero-order valence-corrected chi connectivity index (χ0v) is 10.3. The van der Waals surface area contributed by atoms with Gasteiger partial charge in [0.1, 0.15) is 5.92 Å². The molecule has 3 heteroatoms. The maximum atomic E-state index is 12.3. The molecule has 0 saturated carbocycles. The van der Waals surface area contributed by atoms with Crippen molar-refractivity contribution in [1.29, 1.82) is 0 Å². The second-order valence-electron chi connectivity index (χ2n) is 4.64. The molecule has 0 aromatic heterocycles. The highest BCUT2D eigenvalue weighted by atomic mass is 16.2. The summed E-state index contributed by atoms with van der Waals surface area (Å²) in [6.45, 7) is 0. The lowest BCUT2D eigenvalue weighted by molar-refractivity contribution is -0.126. The molecule has 3 nitrogen and oxygen atoms in total. The lowest BCUT2D eigenvalue weighted by atomic mass is 9.92. The van der Waals surface area contributed by atoms with E-state index in [0.29, 0.717) is 0 Å². The Bertz CT molecular complexity index is 634. The maximum Gasteiger partial charge on any atom is 0.239 e. The number of hydrogen-bond donors (Lipinski definition) is 1. The van der Waals surface area contributed by atoms with Gasteiger partial charge in [-0.2, -0.15) is 0 Å². The van der Waals surface area contributed by atoms with E-state index in [-0.39, 0.29) is 18.1 Å². The fourth-order valence-electron chi connectivity index (χ4n) is 2.43. The zero-order chi connectivity index (χ0) is 13.2. The Hall–Kier alpha value is -2.42. The summed E-state index contributed by atoms with van der Waals surface area (Å²) in [5, 5.41) is 2.75. The van der Waals surface area contributed by atoms with E-state index in [4.69, 9.17) is 0 Å². The average Bonchev–Trinajstić information content (AvgIpc) is 2.75. The number of Topliss-reactive ketones (excluding diaryl/α,β-unsaturated/α-hetero) is 1. The van der Waals surface area contributed by atoms with E-state index in [9.17, 15) is 9.59 Å². The molecule has 19 heavy (non-hydrogen) atoms. The minimum Gasteiger partial charge on any atom is -0.325 e. The fourth-order valence-corrected chi connectivity index (χ4v) is 2.43. The van der Waals surface area contributed by atoms with Gasteiger partial charge >= 0.3 is 0 Å². The molecule has 2 aromatic carbocycles. The Labute approximate surface area is 111 Å². The van der Waals surface area contributed by atoms with Crippen molar-refractivity contribution in [2.24, 2.45) is 0 Å². The van der Waals surface area contributed by atoms with Gasteiger partial charge in [0.25, 0.3) is 0 Å². The first-order chi connectivity index (χ1) is 9.25.